The third-order valence-corrected chi connectivity index (χ3v) is 6.06. The Morgan fingerprint density at radius 2 is 1.86 bits per heavy atom. The van der Waals surface area contributed by atoms with Crippen LogP contribution < -0.4 is 4.74 Å². The van der Waals surface area contributed by atoms with Gasteiger partial charge >= 0.3 is 6.18 Å². The number of pyridine rings is 1. The van der Waals surface area contributed by atoms with Crippen molar-refractivity contribution in [2.24, 2.45) is 0 Å². The lowest BCUT2D eigenvalue weighted by molar-refractivity contribution is -0.140. The summed E-state index contributed by atoms with van der Waals surface area (Å²) in [5.74, 6) is 1.28. The van der Waals surface area contributed by atoms with Gasteiger partial charge in [-0.2, -0.15) is 13.2 Å². The summed E-state index contributed by atoms with van der Waals surface area (Å²) in [6.45, 7) is 0. The lowest BCUT2D eigenvalue weighted by Gasteiger charge is -2.08. The second-order valence-electron chi connectivity index (χ2n) is 8.55. The van der Waals surface area contributed by atoms with E-state index >= 15 is 0 Å². The fourth-order valence-electron chi connectivity index (χ4n) is 4.13. The van der Waals surface area contributed by atoms with Gasteiger partial charge in [0.2, 0.25) is 11.8 Å². The number of oxazole rings is 1. The van der Waals surface area contributed by atoms with Crippen LogP contribution >= 0.6 is 0 Å². The highest BCUT2D eigenvalue weighted by Gasteiger charge is 2.34. The number of alkyl halides is 3. The van der Waals surface area contributed by atoms with Crippen molar-refractivity contribution in [1.29, 1.82) is 0 Å². The first-order chi connectivity index (χ1) is 17.4. The number of rotatable bonds is 6. The Morgan fingerprint density at radius 1 is 1.06 bits per heavy atom. The summed E-state index contributed by atoms with van der Waals surface area (Å²) in [5, 5.41) is 0. The second-order valence-corrected chi connectivity index (χ2v) is 8.55. The van der Waals surface area contributed by atoms with Crippen molar-refractivity contribution in [1.82, 2.24) is 29.9 Å². The number of ether oxygens (including phenoxy) is 1. The highest BCUT2D eigenvalue weighted by atomic mass is 19.4. The zero-order chi connectivity index (χ0) is 24.9. The normalized spacial score (nSPS) is 13.9. The van der Waals surface area contributed by atoms with Crippen LogP contribution in [0, 0.1) is 0 Å². The number of methoxy groups -OCH3 is 1. The van der Waals surface area contributed by atoms with E-state index in [2.05, 4.69) is 29.9 Å². The van der Waals surface area contributed by atoms with E-state index in [9.17, 15) is 13.2 Å². The Kier molecular flexibility index (Phi) is 5.20. The highest BCUT2D eigenvalue weighted by Crippen LogP contribution is 2.45. The Balaban J connectivity index is 1.31. The van der Waals surface area contributed by atoms with Crippen LogP contribution in [0.5, 0.6) is 5.88 Å². The molecule has 36 heavy (non-hydrogen) atoms. The summed E-state index contributed by atoms with van der Waals surface area (Å²) in [6, 6.07) is 8.85. The molecule has 1 aromatic carbocycles. The lowest BCUT2D eigenvalue weighted by Crippen LogP contribution is -2.04. The zero-order valence-corrected chi connectivity index (χ0v) is 19.0. The molecule has 8 nitrogen and oxygen atoms in total. The fraction of sp³-hybridized carbons (Fsp3) is 0.240. The van der Waals surface area contributed by atoms with Crippen LogP contribution in [0.25, 0.3) is 33.9 Å². The number of H-pyrrole nitrogens is 1. The molecule has 1 fully saturated rings. The van der Waals surface area contributed by atoms with E-state index in [1.807, 2.05) is 12.1 Å². The molecule has 0 bridgehead atoms. The average molecular weight is 492 g/mol. The number of nitrogens with zero attached hydrogens (tertiary/aromatic N) is 5. The summed E-state index contributed by atoms with van der Waals surface area (Å²) in [7, 11) is 1.55. The van der Waals surface area contributed by atoms with Gasteiger partial charge in [-0.25, -0.2) is 19.9 Å². The third kappa shape index (κ3) is 4.06. The number of imidazole rings is 1. The van der Waals surface area contributed by atoms with Crippen LogP contribution in [0.15, 0.2) is 53.5 Å². The number of nitrogens with one attached hydrogen (secondary N) is 1. The monoisotopic (exact) mass is 492 g/mol. The molecule has 4 aromatic heterocycles. The van der Waals surface area contributed by atoms with Gasteiger partial charge in [-0.05, 0) is 24.5 Å². The van der Waals surface area contributed by atoms with E-state index in [1.54, 1.807) is 31.5 Å². The van der Waals surface area contributed by atoms with Crippen molar-refractivity contribution >= 4 is 11.1 Å². The maximum atomic E-state index is 12.9. The number of benzene rings is 1. The van der Waals surface area contributed by atoms with Gasteiger partial charge in [-0.1, -0.05) is 24.3 Å². The van der Waals surface area contributed by atoms with Gasteiger partial charge in [0, 0.05) is 30.3 Å². The molecule has 0 unspecified atom stereocenters. The molecule has 6 rings (SSSR count). The first-order valence-corrected chi connectivity index (χ1v) is 11.3. The van der Waals surface area contributed by atoms with Gasteiger partial charge in [0.15, 0.2) is 11.3 Å². The molecule has 11 heteroatoms. The Bertz CT molecular complexity index is 1550. The molecule has 0 amide bonds. The summed E-state index contributed by atoms with van der Waals surface area (Å²) in [5.41, 5.74) is 3.89. The van der Waals surface area contributed by atoms with E-state index in [4.69, 9.17) is 9.15 Å². The topological polar surface area (TPSA) is 103 Å². The first-order valence-electron chi connectivity index (χ1n) is 11.3. The van der Waals surface area contributed by atoms with Crippen molar-refractivity contribution in [3.8, 4) is 28.7 Å². The molecule has 1 aliphatic carbocycles. The van der Waals surface area contributed by atoms with E-state index in [1.165, 1.54) is 6.33 Å². The van der Waals surface area contributed by atoms with Gasteiger partial charge in [0.1, 0.15) is 23.2 Å². The van der Waals surface area contributed by atoms with Crippen molar-refractivity contribution in [3.63, 3.8) is 0 Å². The van der Waals surface area contributed by atoms with Crippen molar-refractivity contribution in [2.75, 3.05) is 7.11 Å². The van der Waals surface area contributed by atoms with Gasteiger partial charge in [-0.3, -0.25) is 4.98 Å². The molecule has 5 aromatic rings. The largest absolute Gasteiger partial charge is 0.480 e. The lowest BCUT2D eigenvalue weighted by atomic mass is 10.1. The predicted molar refractivity (Wildman–Crippen MR) is 123 cm³/mol. The molecule has 0 atom stereocenters. The number of fused-ring (bicyclic) bond motifs is 1. The summed E-state index contributed by atoms with van der Waals surface area (Å²) < 4.78 is 50.2. The van der Waals surface area contributed by atoms with Crippen LogP contribution in [0.3, 0.4) is 0 Å². The minimum absolute atomic E-state index is 0.152. The number of hydrogen-bond donors (Lipinski definition) is 1. The molecule has 4 heterocycles. The van der Waals surface area contributed by atoms with Crippen LogP contribution in [-0.4, -0.2) is 37.0 Å². The SMILES string of the molecule is COc1ncnc(C2CC2)c1-c1nc2ccnc(Cc3ccc(-c4nc(C(F)(F)F)c[nH]4)cc3)c2o1. The minimum Gasteiger partial charge on any atom is -0.480 e. The first kappa shape index (κ1) is 22.2. The molecule has 0 aliphatic heterocycles. The number of hydrogen-bond acceptors (Lipinski definition) is 7. The van der Waals surface area contributed by atoms with Crippen molar-refractivity contribution < 1.29 is 22.3 Å². The molecule has 1 saturated carbocycles. The van der Waals surface area contributed by atoms with Crippen LogP contribution in [0.4, 0.5) is 13.2 Å². The molecule has 0 saturated heterocycles. The molecule has 1 aliphatic rings. The van der Waals surface area contributed by atoms with Gasteiger partial charge in [0.05, 0.1) is 18.5 Å². The van der Waals surface area contributed by atoms with E-state index < -0.39 is 11.9 Å². The standard InChI is InChI=1S/C25H19F3N6O2/c1-35-23-19(20(14-6-7-14)31-12-32-23)24-33-16-8-9-29-17(21(16)36-24)10-13-2-4-15(5-3-13)22-30-11-18(34-22)25(26,27)28/h2-5,8-9,11-12,14H,6-7,10H2,1H3,(H,30,34). The quantitative estimate of drug-likeness (QED) is 0.331. The van der Waals surface area contributed by atoms with Crippen LogP contribution in [0.2, 0.25) is 0 Å². The van der Waals surface area contributed by atoms with Gasteiger partial charge in [-0.15, -0.1) is 0 Å². The van der Waals surface area contributed by atoms with Crippen LogP contribution in [-0.2, 0) is 12.6 Å². The van der Waals surface area contributed by atoms with Gasteiger partial charge < -0.3 is 14.1 Å². The average Bonchev–Trinajstić information content (AvgIpc) is 3.41. The minimum atomic E-state index is -4.50. The molecular formula is C25H19F3N6O2. The number of aromatic amines is 1. The molecule has 182 valence electrons. The smallest absolute Gasteiger partial charge is 0.434 e. The van der Waals surface area contributed by atoms with E-state index in [0.29, 0.717) is 52.0 Å². The molecule has 0 spiro atoms. The van der Waals surface area contributed by atoms with Crippen molar-refractivity contribution in [3.05, 3.63) is 71.7 Å². The maximum Gasteiger partial charge on any atom is 0.434 e. The summed E-state index contributed by atoms with van der Waals surface area (Å²) >= 11 is 0. The number of halogens is 3. The molecule has 1 N–H and O–H groups in total. The Hall–Kier alpha value is -4.28. The van der Waals surface area contributed by atoms with Gasteiger partial charge in [0.25, 0.3) is 0 Å². The summed E-state index contributed by atoms with van der Waals surface area (Å²) in [4.78, 5) is 24.1. The van der Waals surface area contributed by atoms with Crippen LogP contribution in [0.1, 0.15) is 41.4 Å². The van der Waals surface area contributed by atoms with Crippen molar-refractivity contribution in [2.45, 2.75) is 31.4 Å². The Morgan fingerprint density at radius 3 is 2.56 bits per heavy atom. The molecular weight excluding hydrogens is 473 g/mol. The third-order valence-electron chi connectivity index (χ3n) is 6.06. The second kappa shape index (κ2) is 8.43. The molecule has 0 radical (unpaired) electrons. The fourth-order valence-corrected chi connectivity index (χ4v) is 4.13. The number of aromatic nitrogens is 6. The Labute approximate surface area is 202 Å². The van der Waals surface area contributed by atoms with E-state index in [0.717, 1.165) is 30.3 Å². The predicted octanol–water partition coefficient (Wildman–Crippen LogP) is 5.57. The maximum absolute atomic E-state index is 12.9. The summed E-state index contributed by atoms with van der Waals surface area (Å²) in [6.07, 6.45) is 2.05. The van der Waals surface area contributed by atoms with E-state index in [-0.39, 0.29) is 5.82 Å². The zero-order valence-electron chi connectivity index (χ0n) is 19.0. The highest BCUT2D eigenvalue weighted by molar-refractivity contribution is 5.79.